The molecule has 3 aromatic heterocycles. The molecule has 1 amide bonds. The van der Waals surface area contributed by atoms with Crippen molar-refractivity contribution >= 4 is 29.3 Å². The first-order valence-electron chi connectivity index (χ1n) is 14.0. The highest BCUT2D eigenvalue weighted by Gasteiger charge is 2.22. The predicted molar refractivity (Wildman–Crippen MR) is 154 cm³/mol. The number of likely N-dealkylation sites (N-methyl/N-ethyl adjacent to an activating group) is 1. The molecule has 1 unspecified atom stereocenters. The Bertz CT molecular complexity index is 1520. The van der Waals surface area contributed by atoms with Gasteiger partial charge in [-0.15, -0.1) is 5.10 Å². The molecule has 0 saturated carbocycles. The van der Waals surface area contributed by atoms with Crippen molar-refractivity contribution in [2.75, 3.05) is 88.2 Å². The van der Waals surface area contributed by atoms with Crippen LogP contribution in [-0.4, -0.2) is 114 Å². The molecule has 0 aliphatic carbocycles. The van der Waals surface area contributed by atoms with Crippen LogP contribution in [0.25, 0.3) is 17.4 Å². The molecule has 14 nitrogen and oxygen atoms in total. The number of benzene rings is 1. The molecule has 0 radical (unpaired) electrons. The SMILES string of the molecule is CN(CCN1CCN(c2ccc(C(=O)NCC3COCCN3)cc2F)CC1)c1nc(N)n2nc(-c3ccco3)nc2n1. The number of piperazine rings is 1. The maximum Gasteiger partial charge on any atom is 0.259 e. The number of morpholine rings is 1. The van der Waals surface area contributed by atoms with Crippen molar-refractivity contribution in [1.82, 2.24) is 40.1 Å². The van der Waals surface area contributed by atoms with Gasteiger partial charge in [0, 0.05) is 71.0 Å². The molecule has 0 spiro atoms. The van der Waals surface area contributed by atoms with E-state index in [2.05, 4.69) is 35.6 Å². The zero-order chi connectivity index (χ0) is 29.1. The monoisotopic (exact) mass is 579 g/mol. The Morgan fingerprint density at radius 1 is 1.21 bits per heavy atom. The Morgan fingerprint density at radius 3 is 2.81 bits per heavy atom. The zero-order valence-corrected chi connectivity index (χ0v) is 23.4. The number of ether oxygens (including phenoxy) is 1. The van der Waals surface area contributed by atoms with E-state index in [1.807, 2.05) is 16.8 Å². The summed E-state index contributed by atoms with van der Waals surface area (Å²) in [6.45, 7) is 6.71. The molecule has 2 fully saturated rings. The van der Waals surface area contributed by atoms with Crippen LogP contribution in [0.15, 0.2) is 41.0 Å². The zero-order valence-electron chi connectivity index (χ0n) is 23.4. The fraction of sp³-hybridized carbons (Fsp3) is 0.444. The molecule has 15 heteroatoms. The molecule has 1 atom stereocenters. The van der Waals surface area contributed by atoms with Crippen LogP contribution in [0.4, 0.5) is 22.0 Å². The third kappa shape index (κ3) is 6.12. The van der Waals surface area contributed by atoms with Gasteiger partial charge in [0.15, 0.2) is 5.76 Å². The fourth-order valence-electron chi connectivity index (χ4n) is 5.05. The Hall–Kier alpha value is -4.34. The second kappa shape index (κ2) is 12.3. The van der Waals surface area contributed by atoms with E-state index in [4.69, 9.17) is 14.9 Å². The van der Waals surface area contributed by atoms with Crippen LogP contribution in [0.2, 0.25) is 0 Å². The van der Waals surface area contributed by atoms with E-state index < -0.39 is 5.82 Å². The van der Waals surface area contributed by atoms with E-state index in [0.717, 1.165) is 26.2 Å². The molecule has 5 heterocycles. The van der Waals surface area contributed by atoms with Crippen LogP contribution in [0, 0.1) is 5.82 Å². The van der Waals surface area contributed by atoms with Gasteiger partial charge in [-0.3, -0.25) is 9.69 Å². The number of amides is 1. The third-order valence-corrected chi connectivity index (χ3v) is 7.49. The van der Waals surface area contributed by atoms with Crippen LogP contribution in [-0.2, 0) is 4.74 Å². The number of nitrogens with one attached hydrogen (secondary N) is 2. The van der Waals surface area contributed by atoms with E-state index in [9.17, 15) is 4.79 Å². The number of hydrogen-bond donors (Lipinski definition) is 3. The molecule has 1 aromatic carbocycles. The molecule has 2 aliphatic heterocycles. The Morgan fingerprint density at radius 2 is 2.07 bits per heavy atom. The van der Waals surface area contributed by atoms with Gasteiger partial charge in [-0.05, 0) is 30.3 Å². The number of nitrogens with two attached hydrogens (primary N) is 1. The molecule has 0 bridgehead atoms. The number of halogens is 1. The number of rotatable bonds is 9. The Labute approximate surface area is 241 Å². The smallest absolute Gasteiger partial charge is 0.259 e. The minimum atomic E-state index is -0.399. The van der Waals surface area contributed by atoms with Crippen molar-refractivity contribution in [2.24, 2.45) is 0 Å². The summed E-state index contributed by atoms with van der Waals surface area (Å²) >= 11 is 0. The number of carbonyl (C=O) groups excluding carboxylic acids is 1. The molecular formula is C27H34FN11O3. The number of anilines is 3. The number of nitrogen functional groups attached to an aromatic ring is 1. The number of nitrogens with zero attached hydrogens (tertiary/aromatic N) is 8. The van der Waals surface area contributed by atoms with Gasteiger partial charge in [0.05, 0.1) is 25.2 Å². The van der Waals surface area contributed by atoms with E-state index in [0.29, 0.717) is 74.0 Å². The first-order valence-corrected chi connectivity index (χ1v) is 14.0. The molecule has 42 heavy (non-hydrogen) atoms. The lowest BCUT2D eigenvalue weighted by Gasteiger charge is -2.36. The van der Waals surface area contributed by atoms with Gasteiger partial charge >= 0.3 is 0 Å². The van der Waals surface area contributed by atoms with Crippen molar-refractivity contribution in [3.63, 3.8) is 0 Å². The lowest BCUT2D eigenvalue weighted by Crippen LogP contribution is -2.48. The molecular weight excluding hydrogens is 545 g/mol. The van der Waals surface area contributed by atoms with Gasteiger partial charge in [-0.25, -0.2) is 4.39 Å². The maximum absolute atomic E-state index is 15.0. The van der Waals surface area contributed by atoms with Crippen molar-refractivity contribution < 1.29 is 18.3 Å². The average molecular weight is 580 g/mol. The fourth-order valence-corrected chi connectivity index (χ4v) is 5.05. The first-order chi connectivity index (χ1) is 20.4. The topological polar surface area (TPSA) is 155 Å². The number of aromatic nitrogens is 5. The maximum atomic E-state index is 15.0. The largest absolute Gasteiger partial charge is 0.461 e. The Kier molecular flexibility index (Phi) is 8.12. The lowest BCUT2D eigenvalue weighted by molar-refractivity contribution is 0.0734. The van der Waals surface area contributed by atoms with Crippen molar-refractivity contribution in [3.05, 3.63) is 48.0 Å². The summed E-state index contributed by atoms with van der Waals surface area (Å²) in [5, 5.41) is 10.5. The van der Waals surface area contributed by atoms with Crippen molar-refractivity contribution in [3.8, 4) is 11.6 Å². The summed E-state index contributed by atoms with van der Waals surface area (Å²) in [5.41, 5.74) is 6.94. The normalized spacial score (nSPS) is 18.0. The first kappa shape index (κ1) is 27.8. The van der Waals surface area contributed by atoms with Crippen LogP contribution >= 0.6 is 0 Å². The summed E-state index contributed by atoms with van der Waals surface area (Å²) in [7, 11) is 1.90. The molecule has 4 aromatic rings. The molecule has 2 aliphatic rings. The molecule has 6 rings (SSSR count). The van der Waals surface area contributed by atoms with E-state index >= 15 is 4.39 Å². The van der Waals surface area contributed by atoms with Crippen LogP contribution in [0.3, 0.4) is 0 Å². The van der Waals surface area contributed by atoms with Gasteiger partial charge in [-0.2, -0.15) is 19.5 Å². The lowest BCUT2D eigenvalue weighted by atomic mass is 10.1. The molecule has 2 saturated heterocycles. The highest BCUT2D eigenvalue weighted by atomic mass is 19.1. The average Bonchev–Trinajstić information content (AvgIpc) is 3.70. The second-order valence-corrected chi connectivity index (χ2v) is 10.4. The summed E-state index contributed by atoms with van der Waals surface area (Å²) in [6, 6.07) is 8.26. The highest BCUT2D eigenvalue weighted by Crippen LogP contribution is 2.23. The second-order valence-electron chi connectivity index (χ2n) is 10.4. The number of furan rings is 1. The Balaban J connectivity index is 0.995. The van der Waals surface area contributed by atoms with Gasteiger partial charge in [0.2, 0.25) is 17.7 Å². The van der Waals surface area contributed by atoms with Gasteiger partial charge in [0.1, 0.15) is 5.82 Å². The number of hydrogen-bond acceptors (Lipinski definition) is 12. The molecule has 222 valence electrons. The predicted octanol–water partition coefficient (Wildman–Crippen LogP) is 0.477. The third-order valence-electron chi connectivity index (χ3n) is 7.49. The summed E-state index contributed by atoms with van der Waals surface area (Å²) in [5.74, 6) is 1.18. The number of carbonyl (C=O) groups is 1. The van der Waals surface area contributed by atoms with Gasteiger partial charge < -0.3 is 35.3 Å². The van der Waals surface area contributed by atoms with E-state index in [1.165, 1.54) is 10.6 Å². The van der Waals surface area contributed by atoms with Crippen molar-refractivity contribution in [2.45, 2.75) is 6.04 Å². The van der Waals surface area contributed by atoms with Gasteiger partial charge in [0.25, 0.3) is 11.7 Å². The summed E-state index contributed by atoms with van der Waals surface area (Å²) < 4.78 is 27.2. The van der Waals surface area contributed by atoms with Crippen molar-refractivity contribution in [1.29, 1.82) is 0 Å². The minimum absolute atomic E-state index is 0.0621. The number of fused-ring (bicyclic) bond motifs is 1. The quantitative estimate of drug-likeness (QED) is 0.253. The van der Waals surface area contributed by atoms with Crippen LogP contribution in [0.1, 0.15) is 10.4 Å². The summed E-state index contributed by atoms with van der Waals surface area (Å²) in [4.78, 5) is 32.1. The highest BCUT2D eigenvalue weighted by molar-refractivity contribution is 5.94. The van der Waals surface area contributed by atoms with Gasteiger partial charge in [-0.1, -0.05) is 0 Å². The van der Waals surface area contributed by atoms with Crippen LogP contribution < -0.4 is 26.2 Å². The van der Waals surface area contributed by atoms with E-state index in [1.54, 1.807) is 30.5 Å². The minimum Gasteiger partial charge on any atom is -0.461 e. The van der Waals surface area contributed by atoms with Crippen LogP contribution in [0.5, 0.6) is 0 Å². The summed E-state index contributed by atoms with van der Waals surface area (Å²) in [6.07, 6.45) is 1.55. The van der Waals surface area contributed by atoms with E-state index in [-0.39, 0.29) is 17.9 Å². The standard InChI is InChI=1S/C27H34FN11O3/c1-36(26-33-25(29)39-27(34-26)32-23(35-39)22-3-2-13-42-22)7-8-37-9-11-38(12-10-37)21-5-4-18(15-20(21)28)24(40)31-16-19-17-41-14-6-30-19/h2-5,13,15,19,30H,6-12,14,16-17H2,1H3,(H,31,40)(H2,29,32,33,34,35). The molecule has 4 N–H and O–H groups in total.